The average Bonchev–Trinajstić information content (AvgIpc) is 3.10. The van der Waals surface area contributed by atoms with Crippen molar-refractivity contribution in [3.05, 3.63) is 0 Å². The minimum Gasteiger partial charge on any atom is -0.480 e. The van der Waals surface area contributed by atoms with E-state index in [1.165, 1.54) is 17.7 Å². The van der Waals surface area contributed by atoms with E-state index in [4.69, 9.17) is 5.11 Å². The van der Waals surface area contributed by atoms with Crippen molar-refractivity contribution < 1.29 is 14.7 Å². The summed E-state index contributed by atoms with van der Waals surface area (Å²) in [5, 5.41) is 11.9. The first-order valence-corrected chi connectivity index (χ1v) is 7.38. The maximum Gasteiger partial charge on any atom is 0.323 e. The molecule has 0 aromatic heterocycles. The molecule has 114 valence electrons. The molecule has 0 saturated heterocycles. The van der Waals surface area contributed by atoms with Gasteiger partial charge in [-0.2, -0.15) is 0 Å². The molecule has 0 aromatic rings. The van der Waals surface area contributed by atoms with E-state index >= 15 is 0 Å². The lowest BCUT2D eigenvalue weighted by Gasteiger charge is -2.37. The third-order valence-electron chi connectivity index (χ3n) is 4.61. The molecule has 0 heterocycles. The van der Waals surface area contributed by atoms with Crippen LogP contribution in [-0.2, 0) is 4.79 Å². The van der Waals surface area contributed by atoms with Gasteiger partial charge in [-0.05, 0) is 39.8 Å². The Hall–Kier alpha value is -1.30. The van der Waals surface area contributed by atoms with Crippen LogP contribution in [0.25, 0.3) is 0 Å². The minimum atomic E-state index is -0.949. The predicted octanol–water partition coefficient (Wildman–Crippen LogP) is 1.12. The quantitative estimate of drug-likeness (QED) is 0.766. The van der Waals surface area contributed by atoms with Gasteiger partial charge in [-0.1, -0.05) is 12.8 Å². The van der Waals surface area contributed by atoms with Crippen molar-refractivity contribution in [1.29, 1.82) is 0 Å². The lowest BCUT2D eigenvalue weighted by molar-refractivity contribution is -0.137. The third kappa shape index (κ3) is 3.42. The van der Waals surface area contributed by atoms with E-state index in [2.05, 4.69) is 10.2 Å². The first-order chi connectivity index (χ1) is 9.44. The average molecular weight is 283 g/mol. The summed E-state index contributed by atoms with van der Waals surface area (Å²) in [6.45, 7) is 0.396. The molecule has 2 rings (SSSR count). The number of rotatable bonds is 6. The van der Waals surface area contributed by atoms with Crippen LogP contribution in [0.1, 0.15) is 38.5 Å². The largest absolute Gasteiger partial charge is 0.480 e. The van der Waals surface area contributed by atoms with Gasteiger partial charge in [0.15, 0.2) is 0 Å². The smallest absolute Gasteiger partial charge is 0.323 e. The molecular weight excluding hydrogens is 258 g/mol. The van der Waals surface area contributed by atoms with Crippen molar-refractivity contribution in [1.82, 2.24) is 15.1 Å². The standard InChI is InChI=1S/C14H25N3O3/c1-16(2)14(7-3-4-8-14)10-15-13(20)17(9-12(18)19)11-5-6-11/h11H,3-10H2,1-2H3,(H,15,20)(H,18,19). The van der Waals surface area contributed by atoms with Crippen LogP contribution in [0.3, 0.4) is 0 Å². The van der Waals surface area contributed by atoms with E-state index in [9.17, 15) is 9.59 Å². The number of hydrogen-bond donors (Lipinski definition) is 2. The summed E-state index contributed by atoms with van der Waals surface area (Å²) in [5.74, 6) is -0.949. The number of hydrogen-bond acceptors (Lipinski definition) is 3. The Morgan fingerprint density at radius 1 is 1.25 bits per heavy atom. The highest BCUT2D eigenvalue weighted by molar-refractivity contribution is 5.80. The van der Waals surface area contributed by atoms with Crippen LogP contribution in [0.4, 0.5) is 4.79 Å². The molecule has 0 spiro atoms. The summed E-state index contributed by atoms with van der Waals surface area (Å²) in [4.78, 5) is 26.7. The predicted molar refractivity (Wildman–Crippen MR) is 75.6 cm³/mol. The van der Waals surface area contributed by atoms with E-state index in [-0.39, 0.29) is 24.2 Å². The molecule has 2 fully saturated rings. The van der Waals surface area contributed by atoms with Crippen LogP contribution in [0.15, 0.2) is 0 Å². The van der Waals surface area contributed by atoms with Gasteiger partial charge in [0.05, 0.1) is 0 Å². The number of nitrogens with one attached hydrogen (secondary N) is 1. The van der Waals surface area contributed by atoms with E-state index in [1.807, 2.05) is 14.1 Å². The van der Waals surface area contributed by atoms with Crippen molar-refractivity contribution in [3.63, 3.8) is 0 Å². The molecule has 0 aliphatic heterocycles. The number of amides is 2. The van der Waals surface area contributed by atoms with E-state index in [1.54, 1.807) is 0 Å². The van der Waals surface area contributed by atoms with Crippen molar-refractivity contribution in [2.45, 2.75) is 50.1 Å². The Morgan fingerprint density at radius 2 is 1.85 bits per heavy atom. The van der Waals surface area contributed by atoms with Gasteiger partial charge in [-0.3, -0.25) is 4.79 Å². The van der Waals surface area contributed by atoms with Gasteiger partial charge in [0.2, 0.25) is 0 Å². The highest BCUT2D eigenvalue weighted by Crippen LogP contribution is 2.33. The molecule has 0 atom stereocenters. The zero-order valence-corrected chi connectivity index (χ0v) is 12.4. The molecule has 2 amide bonds. The fraction of sp³-hybridized carbons (Fsp3) is 0.857. The van der Waals surface area contributed by atoms with Crippen molar-refractivity contribution in [2.24, 2.45) is 0 Å². The first kappa shape index (κ1) is 15.1. The molecule has 2 aliphatic carbocycles. The number of likely N-dealkylation sites (N-methyl/N-ethyl adjacent to an activating group) is 1. The van der Waals surface area contributed by atoms with Gasteiger partial charge < -0.3 is 20.2 Å². The van der Waals surface area contributed by atoms with Gasteiger partial charge in [0.1, 0.15) is 6.54 Å². The van der Waals surface area contributed by atoms with Gasteiger partial charge >= 0.3 is 12.0 Å². The minimum absolute atomic E-state index is 0.0358. The number of carboxylic acid groups (broad SMARTS) is 1. The Morgan fingerprint density at radius 3 is 2.30 bits per heavy atom. The van der Waals surface area contributed by atoms with Crippen molar-refractivity contribution >= 4 is 12.0 Å². The van der Waals surface area contributed by atoms with E-state index < -0.39 is 5.97 Å². The van der Waals surface area contributed by atoms with Crippen LogP contribution < -0.4 is 5.32 Å². The van der Waals surface area contributed by atoms with Crippen LogP contribution >= 0.6 is 0 Å². The molecule has 20 heavy (non-hydrogen) atoms. The second-order valence-corrected chi connectivity index (χ2v) is 6.24. The summed E-state index contributed by atoms with van der Waals surface area (Å²) in [6.07, 6.45) is 6.38. The van der Waals surface area contributed by atoms with Crippen LogP contribution in [0.2, 0.25) is 0 Å². The van der Waals surface area contributed by atoms with Gasteiger partial charge in [-0.15, -0.1) is 0 Å². The maximum absolute atomic E-state index is 12.2. The summed E-state index contributed by atoms with van der Waals surface area (Å²) in [7, 11) is 4.10. The normalized spacial score (nSPS) is 20.9. The zero-order chi connectivity index (χ0) is 14.8. The molecule has 0 aromatic carbocycles. The number of carbonyl (C=O) groups excluding carboxylic acids is 1. The molecule has 0 radical (unpaired) electrons. The van der Waals surface area contributed by atoms with Crippen LogP contribution in [-0.4, -0.2) is 65.7 Å². The van der Waals surface area contributed by atoms with Crippen LogP contribution in [0, 0.1) is 0 Å². The molecule has 6 heteroatoms. The summed E-state index contributed by atoms with van der Waals surface area (Å²) in [6, 6.07) is -0.118. The monoisotopic (exact) mass is 283 g/mol. The molecule has 0 bridgehead atoms. The highest BCUT2D eigenvalue weighted by Gasteiger charge is 2.38. The van der Waals surface area contributed by atoms with E-state index in [0.29, 0.717) is 6.54 Å². The SMILES string of the molecule is CN(C)C1(CNC(=O)N(CC(=O)O)C2CC2)CCCC1. The number of aliphatic carboxylic acids is 1. The van der Waals surface area contributed by atoms with Crippen LogP contribution in [0.5, 0.6) is 0 Å². The number of nitrogens with zero attached hydrogens (tertiary/aromatic N) is 2. The number of carboxylic acids is 1. The lowest BCUT2D eigenvalue weighted by atomic mass is 9.96. The Kier molecular flexibility index (Phi) is 4.52. The zero-order valence-electron chi connectivity index (χ0n) is 12.4. The van der Waals surface area contributed by atoms with Crippen molar-refractivity contribution in [3.8, 4) is 0 Å². The molecular formula is C14H25N3O3. The second kappa shape index (κ2) is 5.99. The van der Waals surface area contributed by atoms with E-state index in [0.717, 1.165) is 25.7 Å². The third-order valence-corrected chi connectivity index (χ3v) is 4.61. The molecule has 2 N–H and O–H groups in total. The Balaban J connectivity index is 1.91. The second-order valence-electron chi connectivity index (χ2n) is 6.24. The topological polar surface area (TPSA) is 72.9 Å². The summed E-state index contributed by atoms with van der Waals surface area (Å²) >= 11 is 0. The molecule has 2 aliphatic rings. The molecule has 0 unspecified atom stereocenters. The maximum atomic E-state index is 12.2. The first-order valence-electron chi connectivity index (χ1n) is 7.38. The molecule has 6 nitrogen and oxygen atoms in total. The summed E-state index contributed by atoms with van der Waals surface area (Å²) in [5.41, 5.74) is 0.0358. The van der Waals surface area contributed by atoms with Crippen molar-refractivity contribution in [2.75, 3.05) is 27.2 Å². The molecule has 2 saturated carbocycles. The number of urea groups is 1. The highest BCUT2D eigenvalue weighted by atomic mass is 16.4. The Bertz CT molecular complexity index is 374. The lowest BCUT2D eigenvalue weighted by Crippen LogP contribution is -2.54. The van der Waals surface area contributed by atoms with Gasteiger partial charge in [-0.25, -0.2) is 4.79 Å². The Labute approximate surface area is 120 Å². The fourth-order valence-corrected chi connectivity index (χ4v) is 3.06. The van der Waals surface area contributed by atoms with Gasteiger partial charge in [0, 0.05) is 18.1 Å². The number of carbonyl (C=O) groups is 2. The van der Waals surface area contributed by atoms with Gasteiger partial charge in [0.25, 0.3) is 0 Å². The summed E-state index contributed by atoms with van der Waals surface area (Å²) < 4.78 is 0. The fourth-order valence-electron chi connectivity index (χ4n) is 3.06.